The number of nitrogens with zero attached hydrogens (tertiary/aromatic N) is 1. The lowest BCUT2D eigenvalue weighted by Crippen LogP contribution is -2.36. The van der Waals surface area contributed by atoms with Gasteiger partial charge in [0.25, 0.3) is 0 Å². The molecule has 0 fully saturated rings. The largest absolute Gasteiger partial charge is 0.310 e. The van der Waals surface area contributed by atoms with Gasteiger partial charge in [-0.2, -0.15) is 0 Å². The molecule has 0 unspecified atom stereocenters. The second-order valence-corrected chi connectivity index (χ2v) is 9.60. The summed E-state index contributed by atoms with van der Waals surface area (Å²) in [7, 11) is 0. The van der Waals surface area contributed by atoms with Crippen molar-refractivity contribution in [2.75, 3.05) is 4.90 Å². The van der Waals surface area contributed by atoms with E-state index < -0.39 is 0 Å². The zero-order valence-electron chi connectivity index (χ0n) is 17.9. The van der Waals surface area contributed by atoms with Crippen LogP contribution in [0.2, 0.25) is 0 Å². The van der Waals surface area contributed by atoms with E-state index in [1.54, 1.807) is 0 Å². The SMILES string of the molecule is Brc1ccc(N2c3ccccc3C3(c4ccccc4-c4ccccc43)c3ccccc32)cc1. The Balaban J connectivity index is 1.65. The Kier molecular flexibility index (Phi) is 3.97. The van der Waals surface area contributed by atoms with Gasteiger partial charge in [0.1, 0.15) is 0 Å². The van der Waals surface area contributed by atoms with Gasteiger partial charge in [0.2, 0.25) is 0 Å². The Morgan fingerprint density at radius 1 is 0.455 bits per heavy atom. The molecule has 0 saturated heterocycles. The predicted molar refractivity (Wildman–Crippen MR) is 140 cm³/mol. The standard InChI is InChI=1S/C31H20BrN/c32-21-17-19-22(20-18-21)33-29-15-7-5-13-27(29)31(28-14-6-8-16-30(28)33)25-11-3-1-9-23(25)24-10-2-4-12-26(24)31/h1-20H. The van der Waals surface area contributed by atoms with Gasteiger partial charge in [-0.3, -0.25) is 0 Å². The highest BCUT2D eigenvalue weighted by atomic mass is 79.9. The number of benzene rings is 5. The number of halogens is 1. The molecule has 1 heterocycles. The van der Waals surface area contributed by atoms with Crippen LogP contribution in [0.3, 0.4) is 0 Å². The first-order chi connectivity index (χ1) is 16.3. The molecule has 0 bridgehead atoms. The Labute approximate surface area is 202 Å². The van der Waals surface area contributed by atoms with Crippen molar-refractivity contribution in [3.63, 3.8) is 0 Å². The predicted octanol–water partition coefficient (Wildman–Crippen LogP) is 8.60. The van der Waals surface area contributed by atoms with E-state index in [0.29, 0.717) is 0 Å². The van der Waals surface area contributed by atoms with Crippen molar-refractivity contribution in [2.45, 2.75) is 5.41 Å². The summed E-state index contributed by atoms with van der Waals surface area (Å²) in [6.07, 6.45) is 0. The Hall–Kier alpha value is -3.62. The summed E-state index contributed by atoms with van der Waals surface area (Å²) in [5.41, 5.74) is 11.3. The highest BCUT2D eigenvalue weighted by Crippen LogP contribution is 2.63. The third kappa shape index (κ3) is 2.42. The van der Waals surface area contributed by atoms with Gasteiger partial charge < -0.3 is 4.90 Å². The summed E-state index contributed by atoms with van der Waals surface area (Å²) in [6.45, 7) is 0. The van der Waals surface area contributed by atoms with Gasteiger partial charge in [0, 0.05) is 10.2 Å². The zero-order valence-corrected chi connectivity index (χ0v) is 19.5. The number of anilines is 3. The summed E-state index contributed by atoms with van der Waals surface area (Å²) < 4.78 is 1.08. The smallest absolute Gasteiger partial charge is 0.0754 e. The number of hydrogen-bond donors (Lipinski definition) is 0. The van der Waals surface area contributed by atoms with Gasteiger partial charge in [0.15, 0.2) is 0 Å². The fourth-order valence-electron chi connectivity index (χ4n) is 5.93. The maximum Gasteiger partial charge on any atom is 0.0754 e. The van der Waals surface area contributed by atoms with Gasteiger partial charge in [-0.25, -0.2) is 0 Å². The minimum atomic E-state index is -0.341. The van der Waals surface area contributed by atoms with Crippen molar-refractivity contribution in [3.05, 3.63) is 148 Å². The molecule has 1 aliphatic heterocycles. The lowest BCUT2D eigenvalue weighted by molar-refractivity contribution is 0.752. The van der Waals surface area contributed by atoms with Crippen LogP contribution in [-0.4, -0.2) is 0 Å². The van der Waals surface area contributed by atoms with Crippen LogP contribution in [0.4, 0.5) is 17.1 Å². The normalized spacial score (nSPS) is 14.4. The highest BCUT2D eigenvalue weighted by molar-refractivity contribution is 9.10. The monoisotopic (exact) mass is 485 g/mol. The molecule has 7 rings (SSSR count). The van der Waals surface area contributed by atoms with Crippen molar-refractivity contribution >= 4 is 33.0 Å². The van der Waals surface area contributed by atoms with Crippen LogP contribution in [0.15, 0.2) is 126 Å². The molecule has 2 heteroatoms. The molecular formula is C31H20BrN. The Bertz CT molecular complexity index is 1440. The van der Waals surface area contributed by atoms with E-state index in [9.17, 15) is 0 Å². The lowest BCUT2D eigenvalue weighted by atomic mass is 9.64. The summed E-state index contributed by atoms with van der Waals surface area (Å²) in [5.74, 6) is 0. The van der Waals surface area contributed by atoms with E-state index in [1.165, 1.54) is 44.8 Å². The molecule has 1 nitrogen and oxygen atoms in total. The molecule has 0 radical (unpaired) electrons. The third-order valence-electron chi connectivity index (χ3n) is 7.14. The van der Waals surface area contributed by atoms with Crippen LogP contribution in [0.25, 0.3) is 11.1 Å². The first kappa shape index (κ1) is 18.9. The molecule has 2 aliphatic rings. The molecule has 0 N–H and O–H groups in total. The fraction of sp³-hybridized carbons (Fsp3) is 0.0323. The van der Waals surface area contributed by atoms with E-state index in [2.05, 4.69) is 142 Å². The second-order valence-electron chi connectivity index (χ2n) is 8.69. The van der Waals surface area contributed by atoms with Crippen molar-refractivity contribution < 1.29 is 0 Å². The van der Waals surface area contributed by atoms with E-state index in [1.807, 2.05) is 0 Å². The quantitative estimate of drug-likeness (QED) is 0.225. The van der Waals surface area contributed by atoms with Gasteiger partial charge in [-0.05, 0) is 69.8 Å². The lowest BCUT2D eigenvalue weighted by Gasteiger charge is -2.45. The molecule has 0 amide bonds. The van der Waals surface area contributed by atoms with Crippen molar-refractivity contribution in [3.8, 4) is 11.1 Å². The topological polar surface area (TPSA) is 3.24 Å². The molecule has 1 aliphatic carbocycles. The molecular weight excluding hydrogens is 466 g/mol. The van der Waals surface area contributed by atoms with Crippen molar-refractivity contribution in [2.24, 2.45) is 0 Å². The number of rotatable bonds is 1. The van der Waals surface area contributed by atoms with Crippen LogP contribution in [0.1, 0.15) is 22.3 Å². The molecule has 5 aromatic carbocycles. The van der Waals surface area contributed by atoms with E-state index in [0.717, 1.165) is 10.2 Å². The first-order valence-electron chi connectivity index (χ1n) is 11.2. The first-order valence-corrected chi connectivity index (χ1v) is 12.0. The third-order valence-corrected chi connectivity index (χ3v) is 7.66. The summed E-state index contributed by atoms with van der Waals surface area (Å²) in [5, 5.41) is 0. The minimum Gasteiger partial charge on any atom is -0.310 e. The van der Waals surface area contributed by atoms with Crippen LogP contribution in [0, 0.1) is 0 Å². The zero-order chi connectivity index (χ0) is 22.0. The summed E-state index contributed by atoms with van der Waals surface area (Å²) in [4.78, 5) is 2.41. The molecule has 33 heavy (non-hydrogen) atoms. The fourth-order valence-corrected chi connectivity index (χ4v) is 6.19. The number of para-hydroxylation sites is 2. The molecule has 0 atom stereocenters. The van der Waals surface area contributed by atoms with E-state index in [-0.39, 0.29) is 5.41 Å². The summed E-state index contributed by atoms with van der Waals surface area (Å²) >= 11 is 3.60. The van der Waals surface area contributed by atoms with Gasteiger partial charge in [-0.15, -0.1) is 0 Å². The Morgan fingerprint density at radius 3 is 1.39 bits per heavy atom. The molecule has 5 aromatic rings. The van der Waals surface area contributed by atoms with Crippen LogP contribution in [0.5, 0.6) is 0 Å². The van der Waals surface area contributed by atoms with E-state index >= 15 is 0 Å². The van der Waals surface area contributed by atoms with Crippen molar-refractivity contribution in [1.82, 2.24) is 0 Å². The summed E-state index contributed by atoms with van der Waals surface area (Å²) in [6, 6.07) is 44.3. The van der Waals surface area contributed by atoms with Crippen LogP contribution < -0.4 is 4.90 Å². The molecule has 156 valence electrons. The highest BCUT2D eigenvalue weighted by Gasteiger charge is 2.51. The average molecular weight is 486 g/mol. The van der Waals surface area contributed by atoms with Gasteiger partial charge >= 0.3 is 0 Å². The number of fused-ring (bicyclic) bond motifs is 9. The molecule has 0 saturated carbocycles. The van der Waals surface area contributed by atoms with Crippen molar-refractivity contribution in [1.29, 1.82) is 0 Å². The minimum absolute atomic E-state index is 0.341. The van der Waals surface area contributed by atoms with E-state index in [4.69, 9.17) is 0 Å². The average Bonchev–Trinajstić information content (AvgIpc) is 3.17. The van der Waals surface area contributed by atoms with Gasteiger partial charge in [0.05, 0.1) is 16.8 Å². The molecule has 1 spiro atoms. The second kappa shape index (κ2) is 6.94. The van der Waals surface area contributed by atoms with Crippen LogP contribution in [-0.2, 0) is 5.41 Å². The van der Waals surface area contributed by atoms with Crippen LogP contribution >= 0.6 is 15.9 Å². The van der Waals surface area contributed by atoms with Gasteiger partial charge in [-0.1, -0.05) is 101 Å². The number of hydrogen-bond acceptors (Lipinski definition) is 1. The maximum atomic E-state index is 3.60. The molecule has 0 aromatic heterocycles. The Morgan fingerprint density at radius 2 is 0.879 bits per heavy atom. The maximum absolute atomic E-state index is 3.60.